The summed E-state index contributed by atoms with van der Waals surface area (Å²) in [6, 6.07) is 13.5. The summed E-state index contributed by atoms with van der Waals surface area (Å²) >= 11 is 0. The molecule has 0 saturated carbocycles. The van der Waals surface area contributed by atoms with E-state index >= 15 is 0 Å². The third-order valence-electron chi connectivity index (χ3n) is 5.50. The molecule has 0 aliphatic carbocycles. The first-order valence-corrected chi connectivity index (χ1v) is 11.4. The van der Waals surface area contributed by atoms with Crippen molar-refractivity contribution >= 4 is 34.9 Å². The zero-order chi connectivity index (χ0) is 25.9. The van der Waals surface area contributed by atoms with Crippen LogP contribution in [-0.2, 0) is 27.4 Å². The minimum atomic E-state index is -1.24. The van der Waals surface area contributed by atoms with Gasteiger partial charge in [-0.05, 0) is 30.0 Å². The van der Waals surface area contributed by atoms with Gasteiger partial charge in [-0.15, -0.1) is 0 Å². The largest absolute Gasteiger partial charge is 0.480 e. The topological polar surface area (TPSA) is 176 Å². The van der Waals surface area contributed by atoms with Gasteiger partial charge < -0.3 is 36.5 Å². The lowest BCUT2D eigenvalue weighted by molar-refractivity contribution is -0.142. The Kier molecular flexibility index (Phi) is 9.26. The lowest BCUT2D eigenvalue weighted by Gasteiger charge is -2.21. The van der Waals surface area contributed by atoms with E-state index in [9.17, 15) is 24.3 Å². The molecule has 0 spiro atoms. The fraction of sp³-hybridized carbons (Fsp3) is 0.280. The van der Waals surface area contributed by atoms with Crippen LogP contribution >= 0.6 is 0 Å². The van der Waals surface area contributed by atoms with Crippen molar-refractivity contribution in [2.45, 2.75) is 38.0 Å². The number of primary amides is 1. The number of aromatic amines is 1. The van der Waals surface area contributed by atoms with E-state index in [-0.39, 0.29) is 32.4 Å². The number of rotatable bonds is 12. The van der Waals surface area contributed by atoms with Gasteiger partial charge in [-0.3, -0.25) is 4.79 Å². The van der Waals surface area contributed by atoms with Crippen LogP contribution in [0.5, 0.6) is 0 Å². The second-order valence-electron chi connectivity index (χ2n) is 8.15. The van der Waals surface area contributed by atoms with Gasteiger partial charge in [0.15, 0.2) is 0 Å². The first kappa shape index (κ1) is 26.1. The highest BCUT2D eigenvalue weighted by molar-refractivity contribution is 5.90. The second-order valence-corrected chi connectivity index (χ2v) is 8.15. The number of fused-ring (bicyclic) bond motifs is 1. The van der Waals surface area contributed by atoms with Crippen molar-refractivity contribution in [3.8, 4) is 0 Å². The predicted molar refractivity (Wildman–Crippen MR) is 132 cm³/mol. The lowest BCUT2D eigenvalue weighted by Crippen LogP contribution is -2.52. The van der Waals surface area contributed by atoms with E-state index in [0.717, 1.165) is 22.0 Å². The van der Waals surface area contributed by atoms with Crippen LogP contribution in [0.1, 0.15) is 24.0 Å². The molecule has 0 saturated heterocycles. The Morgan fingerprint density at radius 3 is 2.42 bits per heavy atom. The van der Waals surface area contributed by atoms with Crippen LogP contribution in [0.25, 0.3) is 10.9 Å². The Bertz CT molecular complexity index is 1200. The van der Waals surface area contributed by atoms with Crippen molar-refractivity contribution in [3.05, 3.63) is 71.9 Å². The molecule has 4 amide bonds. The fourth-order valence-corrected chi connectivity index (χ4v) is 3.68. The van der Waals surface area contributed by atoms with Crippen LogP contribution in [0.3, 0.4) is 0 Å². The number of carboxylic acids is 1. The van der Waals surface area contributed by atoms with Crippen LogP contribution in [0.2, 0.25) is 0 Å². The number of nitrogens with one attached hydrogen (secondary N) is 4. The molecule has 0 aliphatic rings. The van der Waals surface area contributed by atoms with Crippen LogP contribution < -0.4 is 21.7 Å². The highest BCUT2D eigenvalue weighted by atomic mass is 16.5. The summed E-state index contributed by atoms with van der Waals surface area (Å²) in [5.74, 6) is -1.91. The minimum absolute atomic E-state index is 0.0126. The summed E-state index contributed by atoms with van der Waals surface area (Å²) in [5.41, 5.74) is 7.42. The minimum Gasteiger partial charge on any atom is -0.480 e. The molecule has 0 unspecified atom stereocenters. The van der Waals surface area contributed by atoms with Gasteiger partial charge in [0.2, 0.25) is 5.91 Å². The van der Waals surface area contributed by atoms with E-state index in [1.54, 1.807) is 18.3 Å². The second kappa shape index (κ2) is 12.8. The number of H-pyrrole nitrogens is 1. The smallest absolute Gasteiger partial charge is 0.408 e. The normalized spacial score (nSPS) is 12.3. The van der Waals surface area contributed by atoms with Crippen LogP contribution in [0.15, 0.2) is 60.8 Å². The Morgan fingerprint density at radius 2 is 1.69 bits per heavy atom. The number of para-hydroxylation sites is 1. The summed E-state index contributed by atoms with van der Waals surface area (Å²) in [6.07, 6.45) is 1.37. The average Bonchev–Trinajstić information content (AvgIpc) is 3.27. The van der Waals surface area contributed by atoms with Crippen molar-refractivity contribution in [3.63, 3.8) is 0 Å². The van der Waals surface area contributed by atoms with Crippen molar-refractivity contribution in [1.82, 2.24) is 20.9 Å². The zero-order valence-electron chi connectivity index (χ0n) is 19.5. The number of carbonyl (C=O) groups excluding carboxylic acids is 3. The van der Waals surface area contributed by atoms with Gasteiger partial charge in [-0.2, -0.15) is 0 Å². The summed E-state index contributed by atoms with van der Waals surface area (Å²) in [7, 11) is 0. The maximum atomic E-state index is 13.1. The van der Waals surface area contributed by atoms with Crippen molar-refractivity contribution < 1.29 is 29.0 Å². The summed E-state index contributed by atoms with van der Waals surface area (Å²) in [5, 5.41) is 17.9. The van der Waals surface area contributed by atoms with E-state index in [4.69, 9.17) is 10.5 Å². The molecule has 0 aliphatic heterocycles. The molecule has 36 heavy (non-hydrogen) atoms. The van der Waals surface area contributed by atoms with Gasteiger partial charge in [0.05, 0.1) is 0 Å². The lowest BCUT2D eigenvalue weighted by atomic mass is 10.0. The highest BCUT2D eigenvalue weighted by Gasteiger charge is 2.28. The number of benzene rings is 2. The third-order valence-corrected chi connectivity index (χ3v) is 5.50. The van der Waals surface area contributed by atoms with Gasteiger partial charge in [-0.1, -0.05) is 48.5 Å². The SMILES string of the molecule is NC(=O)NCCC[C@H](NC(=O)[C@H](Cc1c[nH]c2ccccc12)NC(=O)OCc1ccccc1)C(=O)O. The molecule has 3 aromatic rings. The summed E-state index contributed by atoms with van der Waals surface area (Å²) < 4.78 is 5.26. The van der Waals surface area contributed by atoms with Crippen LogP contribution in [-0.4, -0.2) is 52.7 Å². The fourth-order valence-electron chi connectivity index (χ4n) is 3.68. The average molecular weight is 496 g/mol. The van der Waals surface area contributed by atoms with Gasteiger partial charge in [0.1, 0.15) is 18.7 Å². The van der Waals surface area contributed by atoms with Gasteiger partial charge in [-0.25, -0.2) is 14.4 Å². The van der Waals surface area contributed by atoms with Crippen LogP contribution in [0.4, 0.5) is 9.59 Å². The van der Waals surface area contributed by atoms with E-state index in [0.29, 0.717) is 0 Å². The van der Waals surface area contributed by atoms with E-state index < -0.39 is 36.1 Å². The molecule has 0 bridgehead atoms. The first-order chi connectivity index (χ1) is 17.3. The maximum Gasteiger partial charge on any atom is 0.408 e. The zero-order valence-corrected chi connectivity index (χ0v) is 19.5. The van der Waals surface area contributed by atoms with Gasteiger partial charge >= 0.3 is 18.1 Å². The number of alkyl carbamates (subject to hydrolysis) is 1. The van der Waals surface area contributed by atoms with Crippen molar-refractivity contribution in [2.75, 3.05) is 6.54 Å². The molecule has 190 valence electrons. The number of aromatic nitrogens is 1. The number of amides is 4. The number of nitrogens with two attached hydrogens (primary N) is 1. The molecular weight excluding hydrogens is 466 g/mol. The number of carboxylic acid groups (broad SMARTS) is 1. The highest BCUT2D eigenvalue weighted by Crippen LogP contribution is 2.19. The molecule has 1 aromatic heterocycles. The number of aliphatic carboxylic acids is 1. The molecule has 7 N–H and O–H groups in total. The Hall–Kier alpha value is -4.54. The Labute approximate surface area is 207 Å². The molecule has 11 heteroatoms. The molecule has 3 rings (SSSR count). The van der Waals surface area contributed by atoms with Crippen molar-refractivity contribution in [2.24, 2.45) is 5.73 Å². The number of urea groups is 1. The van der Waals surface area contributed by atoms with Crippen LogP contribution in [0, 0.1) is 0 Å². The molecule has 2 atom stereocenters. The summed E-state index contributed by atoms with van der Waals surface area (Å²) in [4.78, 5) is 51.3. The van der Waals surface area contributed by atoms with Gasteiger partial charge in [0, 0.05) is 30.1 Å². The number of hydrogen-bond donors (Lipinski definition) is 6. The van der Waals surface area contributed by atoms with E-state index in [1.807, 2.05) is 42.5 Å². The molecule has 0 radical (unpaired) electrons. The maximum absolute atomic E-state index is 13.1. The molecule has 0 fully saturated rings. The summed E-state index contributed by atoms with van der Waals surface area (Å²) in [6.45, 7) is 0.177. The Balaban J connectivity index is 1.70. The monoisotopic (exact) mass is 495 g/mol. The number of carbonyl (C=O) groups is 4. The van der Waals surface area contributed by atoms with Gasteiger partial charge in [0.25, 0.3) is 0 Å². The molecule has 1 heterocycles. The first-order valence-electron chi connectivity index (χ1n) is 11.4. The van der Waals surface area contributed by atoms with E-state index in [1.165, 1.54) is 0 Å². The van der Waals surface area contributed by atoms with E-state index in [2.05, 4.69) is 20.9 Å². The third kappa shape index (κ3) is 7.76. The predicted octanol–water partition coefficient (Wildman–Crippen LogP) is 2.02. The number of ether oxygens (including phenoxy) is 1. The quantitative estimate of drug-likeness (QED) is 0.209. The standard InChI is InChI=1S/C25H29N5O6/c26-24(34)27-12-6-11-20(23(32)33)29-22(31)21(13-17-14-28-19-10-5-4-9-18(17)19)30-25(35)36-15-16-7-2-1-3-8-16/h1-5,7-10,14,20-21,28H,6,11-13,15H2,(H,29,31)(H,30,35)(H,32,33)(H3,26,27,34)/t20-,21-/m0/s1. The van der Waals surface area contributed by atoms with Crippen molar-refractivity contribution in [1.29, 1.82) is 0 Å². The molecule has 11 nitrogen and oxygen atoms in total. The molecular formula is C25H29N5O6. The number of hydrogen-bond acceptors (Lipinski definition) is 5. The molecule has 2 aromatic carbocycles. The Morgan fingerprint density at radius 1 is 0.972 bits per heavy atom.